The van der Waals surface area contributed by atoms with Gasteiger partial charge in [-0.3, -0.25) is 0 Å². The molecule has 0 saturated heterocycles. The number of methoxy groups -OCH3 is 1. The second-order valence-electron chi connectivity index (χ2n) is 3.22. The zero-order valence-corrected chi connectivity index (χ0v) is 10.9. The average molecular weight is 275 g/mol. The molecule has 0 radical (unpaired) electrons. The highest BCUT2D eigenvalue weighted by Gasteiger charge is 2.21. The summed E-state index contributed by atoms with van der Waals surface area (Å²) in [5.41, 5.74) is 0. The highest BCUT2D eigenvalue weighted by molar-refractivity contribution is 7.89. The molecular formula is C10H11ClN2O3S. The van der Waals surface area contributed by atoms with E-state index in [2.05, 4.69) is 0 Å². The largest absolute Gasteiger partial charge is 0.495 e. The van der Waals surface area contributed by atoms with E-state index in [-0.39, 0.29) is 16.5 Å². The highest BCUT2D eigenvalue weighted by Crippen LogP contribution is 2.27. The Hall–Kier alpha value is -1.29. The quantitative estimate of drug-likeness (QED) is 0.780. The van der Waals surface area contributed by atoms with Gasteiger partial charge in [-0.1, -0.05) is 11.6 Å². The Morgan fingerprint density at radius 3 is 2.65 bits per heavy atom. The van der Waals surface area contributed by atoms with Crippen LogP contribution in [0, 0.1) is 11.3 Å². The highest BCUT2D eigenvalue weighted by atomic mass is 35.5. The van der Waals surface area contributed by atoms with E-state index in [1.807, 2.05) is 0 Å². The number of sulfonamides is 1. The molecule has 0 spiro atoms. The van der Waals surface area contributed by atoms with Gasteiger partial charge in [0.15, 0.2) is 0 Å². The molecule has 0 aromatic heterocycles. The second-order valence-corrected chi connectivity index (χ2v) is 5.67. The van der Waals surface area contributed by atoms with Crippen molar-refractivity contribution >= 4 is 21.6 Å². The number of nitrogens with zero attached hydrogens (tertiary/aromatic N) is 2. The summed E-state index contributed by atoms with van der Waals surface area (Å²) < 4.78 is 29.8. The number of benzene rings is 1. The molecule has 0 heterocycles. The van der Waals surface area contributed by atoms with E-state index in [0.29, 0.717) is 5.75 Å². The minimum absolute atomic E-state index is 0.0288. The fourth-order valence-corrected chi connectivity index (χ4v) is 2.59. The number of hydrogen-bond donors (Lipinski definition) is 0. The number of rotatable bonds is 4. The van der Waals surface area contributed by atoms with Crippen molar-refractivity contribution in [3.05, 3.63) is 23.2 Å². The van der Waals surface area contributed by atoms with Crippen molar-refractivity contribution < 1.29 is 13.2 Å². The smallest absolute Gasteiger partial charge is 0.243 e. The Balaban J connectivity index is 3.17. The van der Waals surface area contributed by atoms with Crippen molar-refractivity contribution in [1.82, 2.24) is 4.31 Å². The fourth-order valence-electron chi connectivity index (χ4n) is 1.17. The zero-order valence-electron chi connectivity index (χ0n) is 9.34. The van der Waals surface area contributed by atoms with Gasteiger partial charge in [0.25, 0.3) is 0 Å². The lowest BCUT2D eigenvalue weighted by molar-refractivity contribution is 0.414. The maximum atomic E-state index is 11.9. The van der Waals surface area contributed by atoms with Crippen LogP contribution in [0.5, 0.6) is 5.75 Å². The summed E-state index contributed by atoms with van der Waals surface area (Å²) >= 11 is 5.84. The normalized spacial score (nSPS) is 11.2. The molecule has 0 aliphatic carbocycles. The molecule has 7 heteroatoms. The molecule has 0 atom stereocenters. The monoisotopic (exact) mass is 274 g/mol. The van der Waals surface area contributed by atoms with E-state index in [1.165, 1.54) is 32.4 Å². The van der Waals surface area contributed by atoms with Crippen LogP contribution in [-0.2, 0) is 10.0 Å². The zero-order chi connectivity index (χ0) is 13.1. The Kier molecular flexibility index (Phi) is 4.34. The summed E-state index contributed by atoms with van der Waals surface area (Å²) in [4.78, 5) is 0.0288. The Labute approximate surface area is 105 Å². The van der Waals surface area contributed by atoms with Crippen LogP contribution in [0.4, 0.5) is 0 Å². The van der Waals surface area contributed by atoms with E-state index >= 15 is 0 Å². The van der Waals surface area contributed by atoms with E-state index < -0.39 is 10.0 Å². The van der Waals surface area contributed by atoms with E-state index in [0.717, 1.165) is 4.31 Å². The van der Waals surface area contributed by atoms with E-state index in [4.69, 9.17) is 21.6 Å². The predicted octanol–water partition coefficient (Wildman–Crippen LogP) is 1.49. The number of ether oxygens (including phenoxy) is 1. The van der Waals surface area contributed by atoms with Crippen molar-refractivity contribution in [2.75, 3.05) is 20.7 Å². The number of hydrogen-bond acceptors (Lipinski definition) is 4. The van der Waals surface area contributed by atoms with Crippen LogP contribution >= 0.6 is 11.6 Å². The lowest BCUT2D eigenvalue weighted by atomic mass is 10.3. The molecule has 0 saturated carbocycles. The Bertz CT molecular complexity index is 551. The van der Waals surface area contributed by atoms with Crippen LogP contribution in [0.25, 0.3) is 0 Å². The van der Waals surface area contributed by atoms with E-state index in [9.17, 15) is 8.42 Å². The lowest BCUT2D eigenvalue weighted by Crippen LogP contribution is -2.27. The van der Waals surface area contributed by atoms with Crippen molar-refractivity contribution in [3.63, 3.8) is 0 Å². The SMILES string of the molecule is COc1ccc(S(=O)(=O)N(C)CC#N)cc1Cl. The number of nitriles is 1. The van der Waals surface area contributed by atoms with Crippen LogP contribution in [0.15, 0.2) is 23.1 Å². The van der Waals surface area contributed by atoms with Gasteiger partial charge in [-0.15, -0.1) is 0 Å². The van der Waals surface area contributed by atoms with Crippen LogP contribution < -0.4 is 4.74 Å². The van der Waals surface area contributed by atoms with Crippen LogP contribution in [0.3, 0.4) is 0 Å². The summed E-state index contributed by atoms with van der Waals surface area (Å²) in [5, 5.41) is 8.69. The maximum absolute atomic E-state index is 11.9. The minimum atomic E-state index is -3.68. The molecule has 0 aliphatic rings. The molecule has 0 fully saturated rings. The molecule has 1 aromatic carbocycles. The van der Waals surface area contributed by atoms with E-state index in [1.54, 1.807) is 6.07 Å². The lowest BCUT2D eigenvalue weighted by Gasteiger charge is -2.14. The standard InChI is InChI=1S/C10H11ClN2O3S/c1-13(6-5-12)17(14,15)8-3-4-10(16-2)9(11)7-8/h3-4,7H,6H2,1-2H3. The fraction of sp³-hybridized carbons (Fsp3) is 0.300. The van der Waals surface area contributed by atoms with Crippen LogP contribution in [0.2, 0.25) is 5.02 Å². The van der Waals surface area contributed by atoms with Gasteiger partial charge in [0, 0.05) is 7.05 Å². The van der Waals surface area contributed by atoms with Gasteiger partial charge in [-0.25, -0.2) is 8.42 Å². The summed E-state index contributed by atoms with van der Waals surface area (Å²) in [5.74, 6) is 0.397. The first-order valence-corrected chi connectivity index (χ1v) is 6.42. The average Bonchev–Trinajstić information content (AvgIpc) is 2.29. The molecule has 0 amide bonds. The number of halogens is 1. The van der Waals surface area contributed by atoms with Crippen LogP contribution in [0.1, 0.15) is 0 Å². The van der Waals surface area contributed by atoms with Gasteiger partial charge in [-0.2, -0.15) is 9.57 Å². The first-order chi connectivity index (χ1) is 7.93. The third-order valence-electron chi connectivity index (χ3n) is 2.12. The van der Waals surface area contributed by atoms with Gasteiger partial charge < -0.3 is 4.74 Å². The van der Waals surface area contributed by atoms with Crippen molar-refractivity contribution in [3.8, 4) is 11.8 Å². The van der Waals surface area contributed by atoms with Gasteiger partial charge in [0.05, 0.1) is 23.1 Å². The van der Waals surface area contributed by atoms with Crippen molar-refractivity contribution in [1.29, 1.82) is 5.26 Å². The first-order valence-electron chi connectivity index (χ1n) is 4.60. The third-order valence-corrected chi connectivity index (χ3v) is 4.22. The molecule has 0 aliphatic heterocycles. The van der Waals surface area contributed by atoms with Gasteiger partial charge >= 0.3 is 0 Å². The maximum Gasteiger partial charge on any atom is 0.243 e. The van der Waals surface area contributed by atoms with Crippen molar-refractivity contribution in [2.45, 2.75) is 4.90 Å². The third kappa shape index (κ3) is 2.88. The first kappa shape index (κ1) is 13.8. The molecule has 92 valence electrons. The molecule has 17 heavy (non-hydrogen) atoms. The van der Waals surface area contributed by atoms with Gasteiger partial charge in [0.2, 0.25) is 10.0 Å². The second kappa shape index (κ2) is 5.36. The van der Waals surface area contributed by atoms with Gasteiger partial charge in [0.1, 0.15) is 12.3 Å². The molecule has 0 N–H and O–H groups in total. The summed E-state index contributed by atoms with van der Waals surface area (Å²) in [6, 6.07) is 5.92. The molecule has 5 nitrogen and oxygen atoms in total. The summed E-state index contributed by atoms with van der Waals surface area (Å²) in [6.45, 7) is -0.216. The van der Waals surface area contributed by atoms with Crippen molar-refractivity contribution in [2.24, 2.45) is 0 Å². The molecular weight excluding hydrogens is 264 g/mol. The predicted molar refractivity (Wildman–Crippen MR) is 63.4 cm³/mol. The van der Waals surface area contributed by atoms with Crippen LogP contribution in [-0.4, -0.2) is 33.4 Å². The molecule has 0 bridgehead atoms. The summed E-state index contributed by atoms with van der Waals surface area (Å²) in [6.07, 6.45) is 0. The molecule has 0 unspecified atom stereocenters. The Morgan fingerprint density at radius 2 is 2.18 bits per heavy atom. The van der Waals surface area contributed by atoms with Gasteiger partial charge in [-0.05, 0) is 18.2 Å². The molecule has 1 rings (SSSR count). The minimum Gasteiger partial charge on any atom is -0.495 e. The Morgan fingerprint density at radius 1 is 1.53 bits per heavy atom. The summed E-state index contributed by atoms with van der Waals surface area (Å²) in [7, 11) is -0.906. The molecule has 1 aromatic rings. The topological polar surface area (TPSA) is 70.4 Å².